The zero-order valence-electron chi connectivity index (χ0n) is 18.8. The highest BCUT2D eigenvalue weighted by Gasteiger charge is 2.25. The number of imidazole rings is 1. The topological polar surface area (TPSA) is 56.7 Å². The summed E-state index contributed by atoms with van der Waals surface area (Å²) in [5.41, 5.74) is 3.25. The van der Waals surface area contributed by atoms with Gasteiger partial charge >= 0.3 is 0 Å². The lowest BCUT2D eigenvalue weighted by atomic mass is 10.1. The Labute approximate surface area is 208 Å². The van der Waals surface area contributed by atoms with Crippen LogP contribution in [0.15, 0.2) is 46.9 Å². The summed E-state index contributed by atoms with van der Waals surface area (Å²) in [4.78, 5) is 4.95. The molecular formula is C25H25Cl3N4O. The van der Waals surface area contributed by atoms with Crippen molar-refractivity contribution in [3.05, 3.63) is 69.1 Å². The predicted molar refractivity (Wildman–Crippen MR) is 135 cm³/mol. The molecule has 0 fully saturated rings. The van der Waals surface area contributed by atoms with Crippen molar-refractivity contribution in [1.82, 2.24) is 19.7 Å². The predicted octanol–water partition coefficient (Wildman–Crippen LogP) is 8.41. The first-order chi connectivity index (χ1) is 15.9. The largest absolute Gasteiger partial charge is 0.419 e. The van der Waals surface area contributed by atoms with Crippen LogP contribution in [-0.4, -0.2) is 19.7 Å². The van der Waals surface area contributed by atoms with Gasteiger partial charge in [0.15, 0.2) is 0 Å². The van der Waals surface area contributed by atoms with Gasteiger partial charge in [-0.25, -0.2) is 4.98 Å². The molecule has 0 amide bonds. The van der Waals surface area contributed by atoms with Gasteiger partial charge in [-0.1, -0.05) is 68.4 Å². The van der Waals surface area contributed by atoms with Crippen molar-refractivity contribution < 1.29 is 4.42 Å². The van der Waals surface area contributed by atoms with Crippen molar-refractivity contribution in [2.45, 2.75) is 52.4 Å². The number of aromatic nitrogens is 4. The molecule has 0 saturated carbocycles. The van der Waals surface area contributed by atoms with E-state index in [-0.39, 0.29) is 5.92 Å². The highest BCUT2D eigenvalue weighted by molar-refractivity contribution is 6.36. The first-order valence-electron chi connectivity index (χ1n) is 11.1. The molecule has 1 unspecified atom stereocenters. The third-order valence-corrected chi connectivity index (χ3v) is 6.42. The minimum Gasteiger partial charge on any atom is -0.419 e. The summed E-state index contributed by atoms with van der Waals surface area (Å²) < 4.78 is 8.17. The van der Waals surface area contributed by atoms with Gasteiger partial charge in [-0.2, -0.15) is 0 Å². The average Bonchev–Trinajstić information content (AvgIpc) is 3.43. The van der Waals surface area contributed by atoms with Crippen LogP contribution in [0.2, 0.25) is 15.1 Å². The molecule has 33 heavy (non-hydrogen) atoms. The molecule has 0 aliphatic rings. The fraction of sp³-hybridized carbons (Fsp3) is 0.320. The summed E-state index contributed by atoms with van der Waals surface area (Å²) in [5.74, 6) is 1.90. The molecule has 0 bridgehead atoms. The van der Waals surface area contributed by atoms with Crippen molar-refractivity contribution >= 4 is 34.8 Å². The zero-order valence-corrected chi connectivity index (χ0v) is 21.0. The second-order valence-electron chi connectivity index (χ2n) is 8.01. The number of halogens is 3. The Morgan fingerprint density at radius 3 is 2.36 bits per heavy atom. The number of benzene rings is 2. The summed E-state index contributed by atoms with van der Waals surface area (Å²) in [5, 5.41) is 10.4. The van der Waals surface area contributed by atoms with E-state index in [1.807, 2.05) is 30.3 Å². The van der Waals surface area contributed by atoms with Gasteiger partial charge in [0, 0.05) is 27.2 Å². The lowest BCUT2D eigenvalue weighted by Gasteiger charge is -2.13. The molecule has 2 aromatic carbocycles. The molecule has 0 aliphatic carbocycles. The summed E-state index contributed by atoms with van der Waals surface area (Å²) >= 11 is 18.9. The zero-order chi connectivity index (χ0) is 23.5. The summed E-state index contributed by atoms with van der Waals surface area (Å²) in [6.07, 6.45) is 3.94. The molecule has 0 spiro atoms. The number of hydrogen-bond donors (Lipinski definition) is 0. The maximum atomic E-state index is 6.58. The van der Waals surface area contributed by atoms with Crippen LogP contribution in [0.3, 0.4) is 0 Å². The molecule has 8 heteroatoms. The van der Waals surface area contributed by atoms with Crippen molar-refractivity contribution in [2.75, 3.05) is 0 Å². The van der Waals surface area contributed by atoms with Gasteiger partial charge in [0.2, 0.25) is 5.89 Å². The first-order valence-corrected chi connectivity index (χ1v) is 12.2. The third kappa shape index (κ3) is 4.96. The average molecular weight is 504 g/mol. The van der Waals surface area contributed by atoms with E-state index in [0.717, 1.165) is 36.2 Å². The number of rotatable bonds is 8. The van der Waals surface area contributed by atoms with Crippen LogP contribution in [0, 0.1) is 0 Å². The lowest BCUT2D eigenvalue weighted by molar-refractivity contribution is 0.446. The van der Waals surface area contributed by atoms with E-state index in [9.17, 15) is 0 Å². The summed E-state index contributed by atoms with van der Waals surface area (Å²) in [6, 6.07) is 13.0. The Hall–Kier alpha value is -2.34. The van der Waals surface area contributed by atoms with Crippen molar-refractivity contribution in [2.24, 2.45) is 0 Å². The Bertz CT molecular complexity index is 1250. The molecule has 172 valence electrons. The summed E-state index contributed by atoms with van der Waals surface area (Å²) in [6.45, 7) is 6.35. The van der Waals surface area contributed by atoms with E-state index in [0.29, 0.717) is 44.8 Å². The number of nitrogens with zero attached hydrogens (tertiary/aromatic N) is 4. The fourth-order valence-electron chi connectivity index (χ4n) is 3.83. The van der Waals surface area contributed by atoms with E-state index < -0.39 is 0 Å². The van der Waals surface area contributed by atoms with Crippen molar-refractivity contribution in [3.8, 4) is 28.7 Å². The molecule has 0 N–H and O–H groups in total. The van der Waals surface area contributed by atoms with Gasteiger partial charge in [-0.3, -0.25) is 4.57 Å². The maximum absolute atomic E-state index is 6.58. The van der Waals surface area contributed by atoms with Crippen LogP contribution >= 0.6 is 34.8 Å². The van der Waals surface area contributed by atoms with Crippen LogP contribution in [0.1, 0.15) is 57.5 Å². The minimum atomic E-state index is 0.194. The second-order valence-corrected chi connectivity index (χ2v) is 9.29. The van der Waals surface area contributed by atoms with E-state index >= 15 is 0 Å². The van der Waals surface area contributed by atoms with Gasteiger partial charge in [-0.15, -0.1) is 10.2 Å². The van der Waals surface area contributed by atoms with Crippen LogP contribution in [0.5, 0.6) is 0 Å². The maximum Gasteiger partial charge on any atom is 0.268 e. The Morgan fingerprint density at radius 2 is 1.70 bits per heavy atom. The fourth-order valence-corrected chi connectivity index (χ4v) is 4.45. The molecule has 4 rings (SSSR count). The molecule has 0 radical (unpaired) electrons. The molecule has 2 aromatic heterocycles. The van der Waals surface area contributed by atoms with Crippen LogP contribution < -0.4 is 0 Å². The minimum absolute atomic E-state index is 0.194. The van der Waals surface area contributed by atoms with Crippen LogP contribution in [0.25, 0.3) is 28.7 Å². The van der Waals surface area contributed by atoms with Gasteiger partial charge in [0.1, 0.15) is 11.5 Å². The van der Waals surface area contributed by atoms with Gasteiger partial charge in [-0.05, 0) is 55.3 Å². The van der Waals surface area contributed by atoms with Crippen LogP contribution in [0.4, 0.5) is 0 Å². The Balaban J connectivity index is 1.89. The molecule has 1 atom stereocenters. The molecular weight excluding hydrogens is 479 g/mol. The molecule has 2 heterocycles. The lowest BCUT2D eigenvalue weighted by Crippen LogP contribution is -2.02. The van der Waals surface area contributed by atoms with Gasteiger partial charge in [0.25, 0.3) is 5.89 Å². The smallest absolute Gasteiger partial charge is 0.268 e. The Kier molecular flexibility index (Phi) is 7.42. The SMILES string of the molecule is CCCCC(C)c1nnc(-c2nc(-c3ccc(Cl)cc3Cl)n(-c3ccc(Cl)cc3)c2CC)o1. The summed E-state index contributed by atoms with van der Waals surface area (Å²) in [7, 11) is 0. The van der Waals surface area contributed by atoms with Crippen molar-refractivity contribution in [1.29, 1.82) is 0 Å². The normalized spacial score (nSPS) is 12.3. The Morgan fingerprint density at radius 1 is 0.970 bits per heavy atom. The molecule has 5 nitrogen and oxygen atoms in total. The first kappa shape index (κ1) is 23.8. The molecule has 0 saturated heterocycles. The number of hydrogen-bond acceptors (Lipinski definition) is 4. The van der Waals surface area contributed by atoms with Crippen molar-refractivity contribution in [3.63, 3.8) is 0 Å². The third-order valence-electron chi connectivity index (χ3n) is 5.62. The highest BCUT2D eigenvalue weighted by atomic mass is 35.5. The van der Waals surface area contributed by atoms with E-state index in [2.05, 4.69) is 35.5 Å². The van der Waals surface area contributed by atoms with Crippen LogP contribution in [-0.2, 0) is 6.42 Å². The molecule has 0 aliphatic heterocycles. The second kappa shape index (κ2) is 10.3. The van der Waals surface area contributed by atoms with E-state index in [4.69, 9.17) is 44.2 Å². The van der Waals surface area contributed by atoms with Gasteiger partial charge in [0.05, 0.1) is 10.7 Å². The van der Waals surface area contributed by atoms with E-state index in [1.54, 1.807) is 12.1 Å². The monoisotopic (exact) mass is 502 g/mol. The standard InChI is InChI=1S/C25H25Cl3N4O/c1-4-6-7-15(3)24-30-31-25(33-24)22-21(5-2)32(18-11-8-16(26)9-12-18)23(29-22)19-13-10-17(27)14-20(19)28/h8-15H,4-7H2,1-3H3. The van der Waals surface area contributed by atoms with Gasteiger partial charge < -0.3 is 4.42 Å². The number of unbranched alkanes of at least 4 members (excludes halogenated alkanes) is 1. The molecule has 4 aromatic rings. The van der Waals surface area contributed by atoms with E-state index in [1.165, 1.54) is 0 Å². The highest BCUT2D eigenvalue weighted by Crippen LogP contribution is 2.37. The quantitative estimate of drug-likeness (QED) is 0.242.